The third-order valence-electron chi connectivity index (χ3n) is 6.27. The van der Waals surface area contributed by atoms with Gasteiger partial charge in [-0.2, -0.15) is 12.6 Å². The Kier molecular flexibility index (Phi) is 6.78. The van der Waals surface area contributed by atoms with Crippen LogP contribution in [0, 0.1) is 29.6 Å². The van der Waals surface area contributed by atoms with Crippen molar-refractivity contribution in [2.24, 2.45) is 29.6 Å². The molecule has 0 bridgehead atoms. The van der Waals surface area contributed by atoms with Gasteiger partial charge in [-0.1, -0.05) is 52.9 Å². The van der Waals surface area contributed by atoms with Gasteiger partial charge in [0, 0.05) is 5.25 Å². The molecule has 6 atom stereocenters. The van der Waals surface area contributed by atoms with E-state index in [1.165, 1.54) is 57.8 Å². The van der Waals surface area contributed by atoms with E-state index in [-0.39, 0.29) is 0 Å². The molecule has 118 valence electrons. The third-order valence-corrected chi connectivity index (χ3v) is 6.66. The monoisotopic (exact) mass is 296 g/mol. The summed E-state index contributed by atoms with van der Waals surface area (Å²) in [4.78, 5) is 0. The van der Waals surface area contributed by atoms with Crippen molar-refractivity contribution in [2.75, 3.05) is 0 Å². The topological polar surface area (TPSA) is 0 Å². The van der Waals surface area contributed by atoms with Crippen molar-refractivity contribution < 1.29 is 0 Å². The molecule has 0 heterocycles. The lowest BCUT2D eigenvalue weighted by Crippen LogP contribution is -2.21. The number of thiol groups is 1. The predicted molar refractivity (Wildman–Crippen MR) is 93.4 cm³/mol. The smallest absolute Gasteiger partial charge is 0.00193 e. The van der Waals surface area contributed by atoms with Crippen molar-refractivity contribution in [1.82, 2.24) is 0 Å². The summed E-state index contributed by atoms with van der Waals surface area (Å²) < 4.78 is 0. The van der Waals surface area contributed by atoms with E-state index < -0.39 is 0 Å². The Morgan fingerprint density at radius 1 is 1.00 bits per heavy atom. The normalized spacial score (nSPS) is 36.6. The summed E-state index contributed by atoms with van der Waals surface area (Å²) in [7, 11) is 0. The zero-order valence-electron chi connectivity index (χ0n) is 14.0. The Bertz CT molecular complexity index is 273. The van der Waals surface area contributed by atoms with E-state index >= 15 is 0 Å². The van der Waals surface area contributed by atoms with Crippen LogP contribution in [0.3, 0.4) is 0 Å². The molecule has 0 aromatic carbocycles. The van der Waals surface area contributed by atoms with Gasteiger partial charge in [-0.3, -0.25) is 0 Å². The summed E-state index contributed by atoms with van der Waals surface area (Å²) in [5, 5.41) is 0.594. The lowest BCUT2D eigenvalue weighted by atomic mass is 9.74. The Morgan fingerprint density at radius 2 is 1.75 bits per heavy atom. The molecule has 0 spiro atoms. The van der Waals surface area contributed by atoms with E-state index in [0.717, 1.165) is 29.6 Å². The van der Waals surface area contributed by atoms with Crippen LogP contribution >= 0.6 is 12.6 Å². The Labute approximate surface area is 132 Å². The van der Waals surface area contributed by atoms with Crippen LogP contribution in [0.2, 0.25) is 0 Å². The van der Waals surface area contributed by atoms with Crippen molar-refractivity contribution >= 4 is 12.6 Å². The first-order chi connectivity index (χ1) is 9.65. The maximum atomic E-state index is 4.80. The molecule has 20 heavy (non-hydrogen) atoms. The predicted octanol–water partition coefficient (Wildman–Crippen LogP) is 6.35. The molecule has 2 aliphatic rings. The maximum absolute atomic E-state index is 4.80. The molecule has 2 aliphatic carbocycles. The molecular weight excluding hydrogens is 260 g/mol. The van der Waals surface area contributed by atoms with E-state index in [1.54, 1.807) is 6.42 Å². The summed E-state index contributed by atoms with van der Waals surface area (Å²) >= 11 is 4.80. The van der Waals surface area contributed by atoms with Gasteiger partial charge in [0.05, 0.1) is 0 Å². The fraction of sp³-hybridized carbons (Fsp3) is 1.00. The number of hydrogen-bond acceptors (Lipinski definition) is 1. The summed E-state index contributed by atoms with van der Waals surface area (Å²) in [6, 6.07) is 0. The molecular formula is C19H36S. The van der Waals surface area contributed by atoms with Gasteiger partial charge in [-0.15, -0.1) is 0 Å². The zero-order valence-corrected chi connectivity index (χ0v) is 14.9. The highest BCUT2D eigenvalue weighted by atomic mass is 32.1. The molecule has 0 aromatic heterocycles. The molecule has 2 fully saturated rings. The van der Waals surface area contributed by atoms with Crippen LogP contribution in [-0.4, -0.2) is 5.25 Å². The van der Waals surface area contributed by atoms with Crippen LogP contribution < -0.4 is 0 Å². The van der Waals surface area contributed by atoms with Crippen molar-refractivity contribution in [1.29, 1.82) is 0 Å². The second-order valence-electron chi connectivity index (χ2n) is 7.77. The molecule has 0 N–H and O–H groups in total. The highest BCUT2D eigenvalue weighted by molar-refractivity contribution is 7.80. The second kappa shape index (κ2) is 8.11. The van der Waals surface area contributed by atoms with Gasteiger partial charge in [0.1, 0.15) is 0 Å². The Hall–Kier alpha value is 0.350. The lowest BCUT2D eigenvalue weighted by molar-refractivity contribution is 0.198. The van der Waals surface area contributed by atoms with Crippen LogP contribution in [-0.2, 0) is 0 Å². The zero-order chi connectivity index (χ0) is 14.5. The van der Waals surface area contributed by atoms with Crippen LogP contribution in [0.1, 0.15) is 85.0 Å². The summed E-state index contributed by atoms with van der Waals surface area (Å²) in [5.74, 6) is 5.07. The Balaban J connectivity index is 1.87. The molecule has 0 saturated heterocycles. The average molecular weight is 297 g/mol. The van der Waals surface area contributed by atoms with E-state index in [0.29, 0.717) is 5.25 Å². The number of hydrogen-bond donors (Lipinski definition) is 1. The van der Waals surface area contributed by atoms with E-state index in [1.807, 2.05) is 0 Å². The van der Waals surface area contributed by atoms with E-state index in [4.69, 9.17) is 12.6 Å². The first kappa shape index (κ1) is 16.7. The summed E-state index contributed by atoms with van der Waals surface area (Å²) in [6.07, 6.45) is 14.8. The largest absolute Gasteiger partial charge is 0.176 e. The minimum Gasteiger partial charge on any atom is -0.176 e. The highest BCUT2D eigenvalue weighted by Crippen LogP contribution is 2.51. The first-order valence-electron chi connectivity index (χ1n) is 9.33. The SMILES string of the molecule is CCCCC1CCC2CC([C@@H](CCC)C(C)S)CC2C1. The molecule has 5 unspecified atom stereocenters. The van der Waals surface area contributed by atoms with Crippen molar-refractivity contribution in [2.45, 2.75) is 90.2 Å². The van der Waals surface area contributed by atoms with Gasteiger partial charge >= 0.3 is 0 Å². The molecule has 0 aliphatic heterocycles. The second-order valence-corrected chi connectivity index (χ2v) is 8.58. The lowest BCUT2D eigenvalue weighted by Gasteiger charge is -2.31. The number of rotatable bonds is 7. The summed E-state index contributed by atoms with van der Waals surface area (Å²) in [6.45, 7) is 7.00. The van der Waals surface area contributed by atoms with E-state index in [2.05, 4.69) is 20.8 Å². The average Bonchev–Trinajstić information content (AvgIpc) is 2.84. The summed E-state index contributed by atoms with van der Waals surface area (Å²) in [5.41, 5.74) is 0. The molecule has 2 rings (SSSR count). The number of unbranched alkanes of at least 4 members (excludes halogenated alkanes) is 1. The molecule has 0 aromatic rings. The Morgan fingerprint density at radius 3 is 2.40 bits per heavy atom. The molecule has 1 heteroatoms. The maximum Gasteiger partial charge on any atom is 0.00193 e. The van der Waals surface area contributed by atoms with Crippen LogP contribution in [0.25, 0.3) is 0 Å². The van der Waals surface area contributed by atoms with Gasteiger partial charge < -0.3 is 0 Å². The van der Waals surface area contributed by atoms with Crippen LogP contribution in [0.4, 0.5) is 0 Å². The highest BCUT2D eigenvalue weighted by Gasteiger charge is 2.41. The number of fused-ring (bicyclic) bond motifs is 1. The van der Waals surface area contributed by atoms with E-state index in [9.17, 15) is 0 Å². The van der Waals surface area contributed by atoms with Crippen molar-refractivity contribution in [3.05, 3.63) is 0 Å². The van der Waals surface area contributed by atoms with Crippen LogP contribution in [0.5, 0.6) is 0 Å². The van der Waals surface area contributed by atoms with Gasteiger partial charge in [0.15, 0.2) is 0 Å². The van der Waals surface area contributed by atoms with Gasteiger partial charge in [0.25, 0.3) is 0 Å². The quantitative estimate of drug-likeness (QED) is 0.520. The minimum absolute atomic E-state index is 0.594. The molecule has 2 saturated carbocycles. The fourth-order valence-electron chi connectivity index (χ4n) is 5.21. The van der Waals surface area contributed by atoms with Gasteiger partial charge in [-0.05, 0) is 61.7 Å². The minimum atomic E-state index is 0.594. The van der Waals surface area contributed by atoms with Crippen LogP contribution in [0.15, 0.2) is 0 Å². The van der Waals surface area contributed by atoms with Gasteiger partial charge in [0.2, 0.25) is 0 Å². The first-order valence-corrected chi connectivity index (χ1v) is 9.85. The van der Waals surface area contributed by atoms with Crippen molar-refractivity contribution in [3.63, 3.8) is 0 Å². The molecule has 0 nitrogen and oxygen atoms in total. The third kappa shape index (κ3) is 4.18. The fourth-order valence-corrected chi connectivity index (χ4v) is 5.60. The van der Waals surface area contributed by atoms with Crippen molar-refractivity contribution in [3.8, 4) is 0 Å². The van der Waals surface area contributed by atoms with Gasteiger partial charge in [-0.25, -0.2) is 0 Å². The molecule has 0 amide bonds. The molecule has 0 radical (unpaired) electrons. The standard InChI is InChI=1S/C19H36S/c1-4-6-8-15-9-10-16-12-18(13-17(16)11-15)19(7-5-2)14(3)20/h14-20H,4-13H2,1-3H3/t14?,15?,16?,17?,18?,19-/m0/s1.